The van der Waals surface area contributed by atoms with Gasteiger partial charge in [0.15, 0.2) is 0 Å². The summed E-state index contributed by atoms with van der Waals surface area (Å²) in [5.74, 6) is -0.0638. The molecule has 3 aliphatic heterocycles. The minimum atomic E-state index is -0.149. The number of piperidine rings is 2. The molecule has 2 saturated heterocycles. The van der Waals surface area contributed by atoms with Crippen molar-refractivity contribution in [3.05, 3.63) is 30.1 Å². The number of amides is 3. The molecule has 3 amide bonds. The third-order valence-corrected chi connectivity index (χ3v) is 5.97. The Labute approximate surface area is 164 Å². The van der Waals surface area contributed by atoms with Crippen molar-refractivity contribution in [3.8, 4) is 0 Å². The molecule has 0 unspecified atom stereocenters. The van der Waals surface area contributed by atoms with Crippen LogP contribution in [-0.2, 0) is 20.9 Å². The molecular formula is C20H25N5O3. The van der Waals surface area contributed by atoms with Crippen molar-refractivity contribution in [2.45, 2.75) is 45.1 Å². The summed E-state index contributed by atoms with van der Waals surface area (Å²) < 4.78 is 0. The first-order chi connectivity index (χ1) is 13.5. The van der Waals surface area contributed by atoms with Gasteiger partial charge < -0.3 is 9.80 Å². The van der Waals surface area contributed by atoms with Gasteiger partial charge >= 0.3 is 0 Å². The lowest BCUT2D eigenvalue weighted by Crippen LogP contribution is -2.56. The number of carbonyl (C=O) groups is 3. The van der Waals surface area contributed by atoms with Gasteiger partial charge in [-0.15, -0.1) is 0 Å². The Morgan fingerprint density at radius 3 is 2.68 bits per heavy atom. The number of aromatic nitrogens is 1. The van der Waals surface area contributed by atoms with Crippen LogP contribution in [0.3, 0.4) is 0 Å². The fourth-order valence-corrected chi connectivity index (χ4v) is 4.48. The molecule has 1 aromatic heterocycles. The molecular weight excluding hydrogens is 358 g/mol. The minimum absolute atomic E-state index is 0.0622. The highest BCUT2D eigenvalue weighted by molar-refractivity contribution is 6.39. The summed E-state index contributed by atoms with van der Waals surface area (Å²) in [6.07, 6.45) is 7.44. The highest BCUT2D eigenvalue weighted by Crippen LogP contribution is 2.39. The average molecular weight is 383 g/mol. The van der Waals surface area contributed by atoms with E-state index in [-0.39, 0.29) is 23.1 Å². The van der Waals surface area contributed by atoms with Crippen LogP contribution in [0.25, 0.3) is 0 Å². The number of hydrazone groups is 1. The quantitative estimate of drug-likeness (QED) is 0.845. The van der Waals surface area contributed by atoms with Gasteiger partial charge in [0.05, 0.1) is 0 Å². The lowest BCUT2D eigenvalue weighted by Gasteiger charge is -2.48. The van der Waals surface area contributed by atoms with Crippen LogP contribution in [0.4, 0.5) is 0 Å². The average Bonchev–Trinajstić information content (AvgIpc) is 2.72. The van der Waals surface area contributed by atoms with E-state index in [9.17, 15) is 14.4 Å². The molecule has 1 aromatic rings. The molecule has 4 heterocycles. The van der Waals surface area contributed by atoms with Crippen molar-refractivity contribution in [1.29, 1.82) is 0 Å². The molecule has 8 heteroatoms. The largest absolute Gasteiger partial charge is 0.338 e. The molecule has 0 saturated carbocycles. The van der Waals surface area contributed by atoms with Crippen molar-refractivity contribution in [1.82, 2.24) is 20.2 Å². The van der Waals surface area contributed by atoms with Gasteiger partial charge in [0.1, 0.15) is 5.71 Å². The first kappa shape index (κ1) is 18.6. The first-order valence-electron chi connectivity index (χ1n) is 9.86. The zero-order chi connectivity index (χ0) is 19.6. The van der Waals surface area contributed by atoms with Gasteiger partial charge in [0.2, 0.25) is 11.8 Å². The molecule has 0 aromatic carbocycles. The van der Waals surface area contributed by atoms with E-state index in [0.717, 1.165) is 24.8 Å². The second-order valence-electron chi connectivity index (χ2n) is 8.03. The van der Waals surface area contributed by atoms with E-state index in [1.807, 2.05) is 21.9 Å². The fraction of sp³-hybridized carbons (Fsp3) is 0.550. The number of likely N-dealkylation sites (tertiary alicyclic amines) is 2. The predicted molar refractivity (Wildman–Crippen MR) is 102 cm³/mol. The van der Waals surface area contributed by atoms with Gasteiger partial charge in [-0.05, 0) is 37.0 Å². The highest BCUT2D eigenvalue weighted by atomic mass is 16.2. The number of hydrogen-bond acceptors (Lipinski definition) is 5. The number of nitrogens with one attached hydrogen (secondary N) is 1. The van der Waals surface area contributed by atoms with Crippen LogP contribution < -0.4 is 5.43 Å². The molecule has 1 N–H and O–H groups in total. The number of carbonyl (C=O) groups excluding carboxylic acids is 3. The van der Waals surface area contributed by atoms with Gasteiger partial charge in [-0.2, -0.15) is 5.10 Å². The smallest absolute Gasteiger partial charge is 0.270 e. The Hall–Kier alpha value is -2.77. The van der Waals surface area contributed by atoms with Crippen LogP contribution in [0.15, 0.2) is 29.6 Å². The number of pyridine rings is 1. The number of hydrogen-bond donors (Lipinski definition) is 1. The van der Waals surface area contributed by atoms with Gasteiger partial charge in [-0.25, -0.2) is 5.43 Å². The highest BCUT2D eigenvalue weighted by Gasteiger charge is 2.43. The first-order valence-corrected chi connectivity index (χ1v) is 9.86. The Morgan fingerprint density at radius 1 is 1.11 bits per heavy atom. The lowest BCUT2D eigenvalue weighted by molar-refractivity contribution is -0.141. The second-order valence-corrected chi connectivity index (χ2v) is 8.03. The Kier molecular flexibility index (Phi) is 5.11. The maximum atomic E-state index is 12.9. The van der Waals surface area contributed by atoms with Crippen LogP contribution in [0.5, 0.6) is 0 Å². The molecule has 3 aliphatic rings. The maximum Gasteiger partial charge on any atom is 0.270 e. The molecule has 148 valence electrons. The van der Waals surface area contributed by atoms with Crippen LogP contribution in [0.2, 0.25) is 0 Å². The van der Waals surface area contributed by atoms with Crippen molar-refractivity contribution in [2.24, 2.45) is 10.5 Å². The Bertz CT molecular complexity index is 809. The van der Waals surface area contributed by atoms with Gasteiger partial charge in [-0.1, -0.05) is 0 Å². The summed E-state index contributed by atoms with van der Waals surface area (Å²) in [7, 11) is 0. The lowest BCUT2D eigenvalue weighted by atomic mass is 9.73. The summed E-state index contributed by atoms with van der Waals surface area (Å²) in [4.78, 5) is 44.5. The third-order valence-electron chi connectivity index (χ3n) is 5.97. The topological polar surface area (TPSA) is 95.0 Å². The predicted octanol–water partition coefficient (Wildman–Crippen LogP) is 1.08. The molecule has 4 rings (SSSR count). The second kappa shape index (κ2) is 7.69. The zero-order valence-electron chi connectivity index (χ0n) is 15.9. The fourth-order valence-electron chi connectivity index (χ4n) is 4.48. The summed E-state index contributed by atoms with van der Waals surface area (Å²) in [5.41, 5.74) is 3.84. The minimum Gasteiger partial charge on any atom is -0.338 e. The Balaban J connectivity index is 1.45. The summed E-state index contributed by atoms with van der Waals surface area (Å²) in [6, 6.07) is 3.86. The van der Waals surface area contributed by atoms with Gasteiger partial charge in [0.25, 0.3) is 5.91 Å². The van der Waals surface area contributed by atoms with E-state index in [4.69, 9.17) is 0 Å². The van der Waals surface area contributed by atoms with Crippen molar-refractivity contribution in [3.63, 3.8) is 0 Å². The van der Waals surface area contributed by atoms with Crippen LogP contribution in [0, 0.1) is 5.41 Å². The molecule has 1 atom stereocenters. The van der Waals surface area contributed by atoms with E-state index in [0.29, 0.717) is 51.2 Å². The monoisotopic (exact) mass is 383 g/mol. The Morgan fingerprint density at radius 2 is 1.93 bits per heavy atom. The van der Waals surface area contributed by atoms with Crippen molar-refractivity contribution >= 4 is 23.4 Å². The van der Waals surface area contributed by atoms with Gasteiger partial charge in [-0.3, -0.25) is 19.4 Å². The molecule has 2 fully saturated rings. The van der Waals surface area contributed by atoms with E-state index in [1.54, 1.807) is 12.4 Å². The van der Waals surface area contributed by atoms with Crippen molar-refractivity contribution < 1.29 is 14.4 Å². The molecule has 0 bridgehead atoms. The summed E-state index contributed by atoms with van der Waals surface area (Å²) in [5, 5.41) is 3.96. The standard InChI is InChI=1S/C20H25N5O3/c26-17-3-2-16(22-23-17)19(28)24-11-1-7-20(13-24)8-4-18(27)25(14-20)12-15-5-9-21-10-6-15/h5-6,9-10H,1-4,7-8,11-14H2,(H,23,26)/t20-/m0/s1. The van der Waals surface area contributed by atoms with Gasteiger partial charge in [0, 0.05) is 63.3 Å². The van der Waals surface area contributed by atoms with E-state index in [1.165, 1.54) is 0 Å². The maximum absolute atomic E-state index is 12.9. The summed E-state index contributed by atoms with van der Waals surface area (Å²) in [6.45, 7) is 2.59. The van der Waals surface area contributed by atoms with Crippen LogP contribution in [-0.4, -0.2) is 57.9 Å². The molecule has 8 nitrogen and oxygen atoms in total. The van der Waals surface area contributed by atoms with E-state index < -0.39 is 0 Å². The molecule has 0 aliphatic carbocycles. The van der Waals surface area contributed by atoms with E-state index >= 15 is 0 Å². The SMILES string of the molecule is O=C1CCC(C(=O)N2CCC[C@]3(CCC(=O)N(Cc4ccncc4)C3)C2)=NN1. The normalized spacial score (nSPS) is 25.5. The summed E-state index contributed by atoms with van der Waals surface area (Å²) >= 11 is 0. The van der Waals surface area contributed by atoms with Crippen molar-refractivity contribution in [2.75, 3.05) is 19.6 Å². The number of nitrogens with zero attached hydrogens (tertiary/aromatic N) is 4. The molecule has 28 heavy (non-hydrogen) atoms. The van der Waals surface area contributed by atoms with Crippen LogP contribution >= 0.6 is 0 Å². The zero-order valence-corrected chi connectivity index (χ0v) is 15.9. The number of rotatable bonds is 3. The van der Waals surface area contributed by atoms with E-state index in [2.05, 4.69) is 15.5 Å². The molecule has 1 spiro atoms. The van der Waals surface area contributed by atoms with Crippen LogP contribution in [0.1, 0.15) is 44.1 Å². The third kappa shape index (κ3) is 3.90. The molecule has 0 radical (unpaired) electrons.